The van der Waals surface area contributed by atoms with E-state index in [1.807, 2.05) is 36.7 Å². The lowest BCUT2D eigenvalue weighted by atomic mass is 10.5. The van der Waals surface area contributed by atoms with E-state index in [4.69, 9.17) is 4.74 Å². The zero-order chi connectivity index (χ0) is 5.70. The Morgan fingerprint density at radius 1 is 1.71 bits per heavy atom. The van der Waals surface area contributed by atoms with E-state index in [1.54, 1.807) is 0 Å². The maximum Gasteiger partial charge on any atom is 0.105 e. The normalized spacial score (nSPS) is 10.3. The number of ether oxygens (including phenoxy) is 1. The summed E-state index contributed by atoms with van der Waals surface area (Å²) in [5.74, 6) is 0. The van der Waals surface area contributed by atoms with Gasteiger partial charge in [-0.3, -0.25) is 0 Å². The second kappa shape index (κ2) is 4.80. The predicted molar refractivity (Wildman–Crippen MR) is 38.2 cm³/mol. The minimum absolute atomic E-state index is 0.335. The summed E-state index contributed by atoms with van der Waals surface area (Å²) in [4.78, 5) is 0. The summed E-state index contributed by atoms with van der Waals surface area (Å²) in [6, 6.07) is 0. The minimum atomic E-state index is 0.335. The van der Waals surface area contributed by atoms with Gasteiger partial charge in [-0.25, -0.2) is 3.53 Å². The average Bonchev–Trinajstić information content (AvgIpc) is 1.61. The van der Waals surface area contributed by atoms with Gasteiger partial charge in [0.05, 0.1) is 6.10 Å². The van der Waals surface area contributed by atoms with Gasteiger partial charge in [-0.1, -0.05) is 0 Å². The summed E-state index contributed by atoms with van der Waals surface area (Å²) in [5.41, 5.74) is 0. The van der Waals surface area contributed by atoms with E-state index >= 15 is 0 Å². The van der Waals surface area contributed by atoms with Crippen molar-refractivity contribution in [3.8, 4) is 0 Å². The zero-order valence-electron chi connectivity index (χ0n) is 4.57. The average molecular weight is 215 g/mol. The van der Waals surface area contributed by atoms with Crippen LogP contribution in [0.4, 0.5) is 0 Å². The first-order valence-corrected chi connectivity index (χ1v) is 3.30. The molecular weight excluding hydrogens is 205 g/mol. The molecule has 0 unspecified atom stereocenters. The summed E-state index contributed by atoms with van der Waals surface area (Å²) in [7, 11) is 0. The second-order valence-corrected chi connectivity index (χ2v) is 2.26. The van der Waals surface area contributed by atoms with Gasteiger partial charge in [0.2, 0.25) is 0 Å². The van der Waals surface area contributed by atoms with Gasteiger partial charge in [-0.05, 0) is 13.8 Å². The highest BCUT2D eigenvalue weighted by molar-refractivity contribution is 14.1. The van der Waals surface area contributed by atoms with Crippen LogP contribution in [-0.4, -0.2) is 12.8 Å². The summed E-state index contributed by atoms with van der Waals surface area (Å²) < 4.78 is 7.92. The highest BCUT2D eigenvalue weighted by atomic mass is 127. The number of halogens is 1. The topological polar surface area (TPSA) is 21.3 Å². The van der Waals surface area contributed by atoms with E-state index in [0.717, 1.165) is 0 Å². The number of rotatable bonds is 3. The van der Waals surface area contributed by atoms with Crippen molar-refractivity contribution in [2.45, 2.75) is 20.0 Å². The van der Waals surface area contributed by atoms with Gasteiger partial charge in [-0.15, -0.1) is 0 Å². The van der Waals surface area contributed by atoms with Crippen molar-refractivity contribution in [2.75, 3.05) is 6.73 Å². The van der Waals surface area contributed by atoms with Crippen LogP contribution in [0.2, 0.25) is 0 Å². The number of hydrogen-bond acceptors (Lipinski definition) is 2. The van der Waals surface area contributed by atoms with Crippen LogP contribution < -0.4 is 3.53 Å². The molecule has 0 atom stereocenters. The van der Waals surface area contributed by atoms with Crippen molar-refractivity contribution < 1.29 is 4.74 Å². The van der Waals surface area contributed by atoms with Crippen molar-refractivity contribution in [1.29, 1.82) is 0 Å². The highest BCUT2D eigenvalue weighted by Gasteiger charge is 1.86. The molecule has 2 nitrogen and oxygen atoms in total. The molecule has 1 N–H and O–H groups in total. The van der Waals surface area contributed by atoms with Gasteiger partial charge in [0.25, 0.3) is 0 Å². The molecule has 0 aromatic rings. The van der Waals surface area contributed by atoms with Crippen LogP contribution in [-0.2, 0) is 4.74 Å². The number of hydrogen-bond donors (Lipinski definition) is 1. The Kier molecular flexibility index (Phi) is 5.25. The molecule has 0 radical (unpaired) electrons. The van der Waals surface area contributed by atoms with Gasteiger partial charge in [0.15, 0.2) is 0 Å². The Morgan fingerprint density at radius 3 is 2.43 bits per heavy atom. The van der Waals surface area contributed by atoms with Crippen molar-refractivity contribution in [1.82, 2.24) is 3.53 Å². The smallest absolute Gasteiger partial charge is 0.105 e. The molecule has 44 valence electrons. The van der Waals surface area contributed by atoms with Crippen LogP contribution in [0.3, 0.4) is 0 Å². The lowest BCUT2D eigenvalue weighted by Gasteiger charge is -2.03. The fourth-order valence-electron chi connectivity index (χ4n) is 0.198. The summed E-state index contributed by atoms with van der Waals surface area (Å²) in [6.07, 6.45) is 0.335. The SMILES string of the molecule is CC(C)OCNI. The summed E-state index contributed by atoms with van der Waals surface area (Å²) in [6.45, 7) is 4.65. The Morgan fingerprint density at radius 2 is 2.29 bits per heavy atom. The van der Waals surface area contributed by atoms with Crippen LogP contribution in [0.5, 0.6) is 0 Å². The second-order valence-electron chi connectivity index (χ2n) is 1.49. The van der Waals surface area contributed by atoms with Crippen LogP contribution in [0, 0.1) is 0 Å². The first kappa shape index (κ1) is 7.65. The zero-order valence-corrected chi connectivity index (χ0v) is 6.73. The molecule has 0 aromatic heterocycles. The van der Waals surface area contributed by atoms with E-state index in [1.165, 1.54) is 0 Å². The van der Waals surface area contributed by atoms with Crippen LogP contribution in [0.25, 0.3) is 0 Å². The molecular formula is C4H10INO. The van der Waals surface area contributed by atoms with Crippen molar-refractivity contribution in [3.05, 3.63) is 0 Å². The Balaban J connectivity index is 2.68. The van der Waals surface area contributed by atoms with E-state index in [2.05, 4.69) is 3.53 Å². The lowest BCUT2D eigenvalue weighted by molar-refractivity contribution is 0.0798. The fraction of sp³-hybridized carbons (Fsp3) is 1.00. The molecule has 0 fully saturated rings. The molecule has 0 bridgehead atoms. The third kappa shape index (κ3) is 6.65. The van der Waals surface area contributed by atoms with Gasteiger partial charge in [-0.2, -0.15) is 0 Å². The predicted octanol–water partition coefficient (Wildman–Crippen LogP) is 1.31. The molecule has 0 heterocycles. The molecule has 0 aliphatic carbocycles. The van der Waals surface area contributed by atoms with E-state index in [0.29, 0.717) is 12.8 Å². The Hall–Kier alpha value is 0.650. The molecule has 0 rings (SSSR count). The molecule has 7 heavy (non-hydrogen) atoms. The van der Waals surface area contributed by atoms with Crippen LogP contribution >= 0.6 is 22.9 Å². The van der Waals surface area contributed by atoms with Crippen molar-refractivity contribution in [2.24, 2.45) is 0 Å². The standard InChI is InChI=1S/C4H10INO/c1-4(2)7-3-6-5/h4,6H,3H2,1-2H3. The molecule has 3 heteroatoms. The third-order valence-corrected chi connectivity index (χ3v) is 0.783. The third-order valence-electron chi connectivity index (χ3n) is 0.471. The van der Waals surface area contributed by atoms with Gasteiger partial charge in [0, 0.05) is 22.9 Å². The molecule has 0 saturated heterocycles. The fourth-order valence-corrected chi connectivity index (χ4v) is 0.378. The molecule has 0 spiro atoms. The summed E-state index contributed by atoms with van der Waals surface area (Å²) in [5, 5.41) is 0. The van der Waals surface area contributed by atoms with Crippen LogP contribution in [0.1, 0.15) is 13.8 Å². The van der Waals surface area contributed by atoms with Gasteiger partial charge >= 0.3 is 0 Å². The van der Waals surface area contributed by atoms with Crippen molar-refractivity contribution >= 4 is 22.9 Å². The van der Waals surface area contributed by atoms with Gasteiger partial charge in [0.1, 0.15) is 6.73 Å². The molecule has 0 saturated carbocycles. The quantitative estimate of drug-likeness (QED) is 0.435. The molecule has 0 amide bonds. The molecule has 0 aliphatic heterocycles. The molecule has 0 aliphatic rings. The minimum Gasteiger partial charge on any atom is -0.363 e. The number of nitrogens with one attached hydrogen (secondary N) is 1. The maximum atomic E-state index is 5.07. The van der Waals surface area contributed by atoms with E-state index in [9.17, 15) is 0 Å². The Labute approximate surface area is 58.1 Å². The van der Waals surface area contributed by atoms with E-state index < -0.39 is 0 Å². The largest absolute Gasteiger partial charge is 0.363 e. The van der Waals surface area contributed by atoms with Crippen molar-refractivity contribution in [3.63, 3.8) is 0 Å². The lowest BCUT2D eigenvalue weighted by Crippen LogP contribution is -2.10. The van der Waals surface area contributed by atoms with Gasteiger partial charge < -0.3 is 4.74 Å². The summed E-state index contributed by atoms with van der Waals surface area (Å²) >= 11 is 2.05. The monoisotopic (exact) mass is 215 g/mol. The Bertz CT molecular complexity index is 40.7. The molecule has 0 aromatic carbocycles. The highest BCUT2D eigenvalue weighted by Crippen LogP contribution is 1.84. The van der Waals surface area contributed by atoms with E-state index in [-0.39, 0.29) is 0 Å². The first-order valence-electron chi connectivity index (χ1n) is 2.22. The first-order chi connectivity index (χ1) is 3.27. The maximum absolute atomic E-state index is 5.07. The van der Waals surface area contributed by atoms with Crippen LogP contribution in [0.15, 0.2) is 0 Å².